The van der Waals surface area contributed by atoms with Crippen LogP contribution in [0.2, 0.25) is 0 Å². The highest BCUT2D eigenvalue weighted by atomic mass is 16.5. The molecule has 2 heterocycles. The van der Waals surface area contributed by atoms with Gasteiger partial charge in [0.1, 0.15) is 17.1 Å². The molecule has 0 fully saturated rings. The van der Waals surface area contributed by atoms with E-state index in [1.54, 1.807) is 18.7 Å². The first kappa shape index (κ1) is 18.5. The number of H-pyrrole nitrogens is 1. The lowest BCUT2D eigenvalue weighted by atomic mass is 10.2. The molecule has 2 aromatic carbocycles. The number of hydrogen-bond donors (Lipinski definition) is 2. The molecule has 7 nitrogen and oxygen atoms in total. The van der Waals surface area contributed by atoms with Gasteiger partial charge in [-0.3, -0.25) is 9.59 Å². The summed E-state index contributed by atoms with van der Waals surface area (Å²) in [6.07, 6.45) is 0. The van der Waals surface area contributed by atoms with Crippen LogP contribution in [0.5, 0.6) is 5.75 Å². The Morgan fingerprint density at radius 3 is 2.55 bits per heavy atom. The van der Waals surface area contributed by atoms with Crippen LogP contribution in [0.25, 0.3) is 16.7 Å². The Morgan fingerprint density at radius 1 is 1.14 bits per heavy atom. The molecule has 4 rings (SSSR count). The topological polar surface area (TPSA) is 89.0 Å². The maximum atomic E-state index is 12.7. The largest absolute Gasteiger partial charge is 0.497 e. The summed E-state index contributed by atoms with van der Waals surface area (Å²) in [5.74, 6) is 0.387. The van der Waals surface area contributed by atoms with Crippen molar-refractivity contribution in [3.63, 3.8) is 0 Å². The van der Waals surface area contributed by atoms with E-state index in [1.165, 1.54) is 6.07 Å². The van der Waals surface area contributed by atoms with E-state index in [-0.39, 0.29) is 17.0 Å². The molecule has 0 atom stereocenters. The van der Waals surface area contributed by atoms with Gasteiger partial charge in [0.25, 0.3) is 5.91 Å². The fourth-order valence-corrected chi connectivity index (χ4v) is 3.20. The maximum absolute atomic E-state index is 12.7. The van der Waals surface area contributed by atoms with Crippen LogP contribution in [-0.4, -0.2) is 27.8 Å². The van der Waals surface area contributed by atoms with Gasteiger partial charge in [0.05, 0.1) is 23.9 Å². The third-order valence-electron chi connectivity index (χ3n) is 4.69. The molecule has 7 heteroatoms. The van der Waals surface area contributed by atoms with Gasteiger partial charge in [0, 0.05) is 12.6 Å². The summed E-state index contributed by atoms with van der Waals surface area (Å²) in [5.41, 5.74) is 2.78. The van der Waals surface area contributed by atoms with Crippen molar-refractivity contribution in [2.24, 2.45) is 0 Å². The number of ether oxygens (including phenoxy) is 1. The number of rotatable bonds is 5. The molecular weight excluding hydrogens is 368 g/mol. The van der Waals surface area contributed by atoms with Gasteiger partial charge in [-0.25, -0.2) is 4.68 Å². The molecule has 2 aromatic heterocycles. The van der Waals surface area contributed by atoms with Crippen LogP contribution in [-0.2, 0) is 6.54 Å². The number of carbonyl (C=O) groups excluding carboxylic acids is 1. The zero-order valence-electron chi connectivity index (χ0n) is 16.1. The van der Waals surface area contributed by atoms with E-state index in [0.717, 1.165) is 17.0 Å². The van der Waals surface area contributed by atoms with Crippen molar-refractivity contribution in [3.8, 4) is 11.4 Å². The second-order valence-corrected chi connectivity index (χ2v) is 6.63. The molecule has 0 radical (unpaired) electrons. The third kappa shape index (κ3) is 3.62. The minimum atomic E-state index is -0.363. The van der Waals surface area contributed by atoms with Crippen LogP contribution in [0.3, 0.4) is 0 Å². The Bertz CT molecular complexity index is 1220. The standard InChI is InChI=1S/C22H20N4O3/c1-14-20-19(27)12-18(22(28)23-13-15-8-10-17(29-2)11-9-15)24-21(20)26(25-14)16-6-4-3-5-7-16/h3-12H,13H2,1-2H3,(H,23,28)(H,24,27). The minimum Gasteiger partial charge on any atom is -0.497 e. The Morgan fingerprint density at radius 2 is 1.86 bits per heavy atom. The number of nitrogens with one attached hydrogen (secondary N) is 2. The van der Waals surface area contributed by atoms with Crippen LogP contribution >= 0.6 is 0 Å². The van der Waals surface area contributed by atoms with Crippen LogP contribution in [0, 0.1) is 6.92 Å². The molecule has 0 spiro atoms. The zero-order valence-corrected chi connectivity index (χ0v) is 16.1. The quantitative estimate of drug-likeness (QED) is 0.550. The molecule has 0 saturated carbocycles. The summed E-state index contributed by atoms with van der Waals surface area (Å²) in [6.45, 7) is 2.11. The van der Waals surface area contributed by atoms with Gasteiger partial charge in [-0.2, -0.15) is 5.10 Å². The van der Waals surface area contributed by atoms with Gasteiger partial charge >= 0.3 is 0 Å². The molecule has 0 saturated heterocycles. The van der Waals surface area contributed by atoms with Crippen molar-refractivity contribution in [2.45, 2.75) is 13.5 Å². The van der Waals surface area contributed by atoms with E-state index in [0.29, 0.717) is 23.3 Å². The molecule has 2 N–H and O–H groups in total. The molecule has 0 unspecified atom stereocenters. The van der Waals surface area contributed by atoms with Crippen LogP contribution in [0.15, 0.2) is 65.5 Å². The number of amides is 1. The second kappa shape index (κ2) is 7.63. The summed E-state index contributed by atoms with van der Waals surface area (Å²) in [6, 6.07) is 18.2. The first-order chi connectivity index (χ1) is 14.1. The molecule has 146 valence electrons. The Labute approximate surface area is 167 Å². The van der Waals surface area contributed by atoms with E-state index in [2.05, 4.69) is 15.4 Å². The summed E-state index contributed by atoms with van der Waals surface area (Å²) < 4.78 is 6.78. The number of aromatic amines is 1. The fourth-order valence-electron chi connectivity index (χ4n) is 3.20. The number of aromatic nitrogens is 3. The van der Waals surface area contributed by atoms with Gasteiger partial charge in [0.15, 0.2) is 5.43 Å². The average molecular weight is 388 g/mol. The van der Waals surface area contributed by atoms with E-state index in [4.69, 9.17) is 4.74 Å². The number of methoxy groups -OCH3 is 1. The summed E-state index contributed by atoms with van der Waals surface area (Å²) in [4.78, 5) is 28.4. The molecule has 1 amide bonds. The van der Waals surface area contributed by atoms with E-state index in [1.807, 2.05) is 54.6 Å². The predicted molar refractivity (Wildman–Crippen MR) is 111 cm³/mol. The molecule has 0 bridgehead atoms. The van der Waals surface area contributed by atoms with Gasteiger partial charge in [-0.05, 0) is 36.8 Å². The lowest BCUT2D eigenvalue weighted by Crippen LogP contribution is -2.25. The normalized spacial score (nSPS) is 10.8. The van der Waals surface area contributed by atoms with Crippen molar-refractivity contribution < 1.29 is 9.53 Å². The highest BCUT2D eigenvalue weighted by Gasteiger charge is 2.16. The van der Waals surface area contributed by atoms with Crippen LogP contribution in [0.4, 0.5) is 0 Å². The lowest BCUT2D eigenvalue weighted by molar-refractivity contribution is 0.0946. The predicted octanol–water partition coefficient (Wildman–Crippen LogP) is 2.96. The number of benzene rings is 2. The number of hydrogen-bond acceptors (Lipinski definition) is 4. The van der Waals surface area contributed by atoms with Crippen LogP contribution < -0.4 is 15.5 Å². The first-order valence-corrected chi connectivity index (χ1v) is 9.16. The molecule has 29 heavy (non-hydrogen) atoms. The van der Waals surface area contributed by atoms with E-state index in [9.17, 15) is 9.59 Å². The van der Waals surface area contributed by atoms with Crippen molar-refractivity contribution in [3.05, 3.63) is 87.8 Å². The minimum absolute atomic E-state index is 0.188. The third-order valence-corrected chi connectivity index (χ3v) is 4.69. The number of para-hydroxylation sites is 1. The number of carbonyl (C=O) groups is 1. The fraction of sp³-hybridized carbons (Fsp3) is 0.136. The monoisotopic (exact) mass is 388 g/mol. The molecule has 0 aliphatic rings. The van der Waals surface area contributed by atoms with Gasteiger partial charge in [-0.1, -0.05) is 30.3 Å². The SMILES string of the molecule is COc1ccc(CNC(=O)c2cc(=O)c3c(C)nn(-c4ccccc4)c3[nH]2)cc1. The maximum Gasteiger partial charge on any atom is 0.268 e. The lowest BCUT2D eigenvalue weighted by Gasteiger charge is -2.08. The van der Waals surface area contributed by atoms with Gasteiger partial charge in [0.2, 0.25) is 0 Å². The Balaban J connectivity index is 1.65. The van der Waals surface area contributed by atoms with Crippen molar-refractivity contribution in [2.75, 3.05) is 7.11 Å². The van der Waals surface area contributed by atoms with Gasteiger partial charge in [-0.15, -0.1) is 0 Å². The number of aryl methyl sites for hydroxylation is 1. The summed E-state index contributed by atoms with van der Waals surface area (Å²) >= 11 is 0. The summed E-state index contributed by atoms with van der Waals surface area (Å²) in [7, 11) is 1.60. The van der Waals surface area contributed by atoms with Crippen LogP contribution in [0.1, 0.15) is 21.7 Å². The van der Waals surface area contributed by atoms with E-state index < -0.39 is 0 Å². The molecule has 4 aromatic rings. The average Bonchev–Trinajstić information content (AvgIpc) is 3.10. The number of fused-ring (bicyclic) bond motifs is 1. The smallest absolute Gasteiger partial charge is 0.268 e. The van der Waals surface area contributed by atoms with Crippen molar-refractivity contribution in [1.82, 2.24) is 20.1 Å². The number of nitrogens with zero attached hydrogens (tertiary/aromatic N) is 2. The second-order valence-electron chi connectivity index (χ2n) is 6.63. The zero-order chi connectivity index (χ0) is 20.4. The van der Waals surface area contributed by atoms with Gasteiger partial charge < -0.3 is 15.0 Å². The highest BCUT2D eigenvalue weighted by Crippen LogP contribution is 2.18. The van der Waals surface area contributed by atoms with Crippen molar-refractivity contribution in [1.29, 1.82) is 0 Å². The highest BCUT2D eigenvalue weighted by molar-refractivity contribution is 5.94. The Hall–Kier alpha value is -3.87. The Kier molecular flexibility index (Phi) is 4.87. The summed E-state index contributed by atoms with van der Waals surface area (Å²) in [5, 5.41) is 7.78. The first-order valence-electron chi connectivity index (χ1n) is 9.16. The molecular formula is C22H20N4O3. The van der Waals surface area contributed by atoms with E-state index >= 15 is 0 Å². The van der Waals surface area contributed by atoms with Crippen molar-refractivity contribution >= 4 is 16.9 Å². The number of pyridine rings is 1. The molecule has 0 aliphatic carbocycles. The molecule has 0 aliphatic heterocycles.